The number of benzene rings is 1. The maximum Gasteiger partial charge on any atom is 0.282 e. The molecule has 0 saturated heterocycles. The van der Waals surface area contributed by atoms with Crippen LogP contribution in [0.25, 0.3) is 0 Å². The van der Waals surface area contributed by atoms with Gasteiger partial charge in [0.15, 0.2) is 0 Å². The number of para-hydroxylation sites is 1. The number of rotatable bonds is 2. The van der Waals surface area contributed by atoms with Crippen LogP contribution >= 0.6 is 0 Å². The van der Waals surface area contributed by atoms with Crippen molar-refractivity contribution in [2.24, 2.45) is 0 Å². The zero-order valence-electron chi connectivity index (χ0n) is 6.50. The van der Waals surface area contributed by atoms with Gasteiger partial charge in [-0.2, -0.15) is 5.54 Å². The number of carbonyl (C=O) groups excluding carboxylic acids is 1. The van der Waals surface area contributed by atoms with E-state index in [-0.39, 0.29) is 5.56 Å². The van der Waals surface area contributed by atoms with Crippen molar-refractivity contribution in [1.82, 2.24) is 5.54 Å². The molecule has 64 valence electrons. The first-order valence-corrected chi connectivity index (χ1v) is 3.33. The summed E-state index contributed by atoms with van der Waals surface area (Å²) in [5.74, 6) is -0.444. The molecule has 0 heterocycles. The Kier molecular flexibility index (Phi) is 2.63. The quantitative estimate of drug-likeness (QED) is 0.678. The molecule has 4 heteroatoms. The average molecular weight is 169 g/mol. The largest absolute Gasteiger partial charge is 0.496 e. The maximum atomic E-state index is 11.7. The number of ether oxygens (including phenoxy) is 1. The molecule has 0 unspecified atom stereocenters. The third kappa shape index (κ3) is 1.53. The first-order valence-electron chi connectivity index (χ1n) is 3.33. The number of hydrogen-bond acceptors (Lipinski definition) is 2. The van der Waals surface area contributed by atoms with Crippen LogP contribution in [0.4, 0.5) is 4.48 Å². The molecule has 0 aliphatic rings. The van der Waals surface area contributed by atoms with Gasteiger partial charge in [-0.05, 0) is 12.1 Å². The van der Waals surface area contributed by atoms with Gasteiger partial charge in [0.25, 0.3) is 5.91 Å². The number of amides is 1. The van der Waals surface area contributed by atoms with Crippen molar-refractivity contribution < 1.29 is 14.0 Å². The third-order valence-electron chi connectivity index (χ3n) is 1.44. The van der Waals surface area contributed by atoms with E-state index in [0.29, 0.717) is 5.75 Å². The molecule has 0 aliphatic carbocycles. The van der Waals surface area contributed by atoms with E-state index in [2.05, 4.69) is 0 Å². The number of hydrogen-bond donors (Lipinski definition) is 1. The monoisotopic (exact) mass is 169 g/mol. The molecule has 0 saturated carbocycles. The van der Waals surface area contributed by atoms with E-state index in [1.807, 2.05) is 0 Å². The van der Waals surface area contributed by atoms with Crippen LogP contribution < -0.4 is 10.3 Å². The summed E-state index contributed by atoms with van der Waals surface area (Å²) >= 11 is 0. The Labute approximate surface area is 69.1 Å². The highest BCUT2D eigenvalue weighted by atomic mass is 19.2. The van der Waals surface area contributed by atoms with Gasteiger partial charge in [0.05, 0.1) is 12.7 Å². The highest BCUT2D eigenvalue weighted by molar-refractivity contribution is 5.96. The Bertz CT molecular complexity index is 288. The molecule has 1 N–H and O–H groups in total. The van der Waals surface area contributed by atoms with E-state index in [0.717, 1.165) is 5.54 Å². The van der Waals surface area contributed by atoms with Crippen LogP contribution in [-0.2, 0) is 0 Å². The highest BCUT2D eigenvalue weighted by Gasteiger charge is 2.09. The molecular formula is C8H8FNO2. The van der Waals surface area contributed by atoms with Crippen molar-refractivity contribution in [3.8, 4) is 5.75 Å². The van der Waals surface area contributed by atoms with Crippen LogP contribution in [0.2, 0.25) is 0 Å². The van der Waals surface area contributed by atoms with E-state index in [4.69, 9.17) is 4.74 Å². The van der Waals surface area contributed by atoms with Crippen LogP contribution in [0.15, 0.2) is 24.3 Å². The molecule has 0 radical (unpaired) electrons. The number of halogens is 1. The summed E-state index contributed by atoms with van der Waals surface area (Å²) in [4.78, 5) is 10.8. The minimum Gasteiger partial charge on any atom is -0.496 e. The molecule has 0 atom stereocenters. The summed E-state index contributed by atoms with van der Waals surface area (Å²) in [7, 11) is 1.42. The predicted octanol–water partition coefficient (Wildman–Crippen LogP) is 1.31. The molecule has 0 aliphatic heterocycles. The van der Waals surface area contributed by atoms with Gasteiger partial charge in [-0.25, -0.2) is 0 Å². The fraction of sp³-hybridized carbons (Fsp3) is 0.125. The standard InChI is InChI=1S/C8H8FNO2/c1-12-7-5-3-2-4-6(7)8(11)10-9/h2-5H,1H3,(H,10,11). The third-order valence-corrected chi connectivity index (χ3v) is 1.44. The summed E-state index contributed by atoms with van der Waals surface area (Å²) < 4.78 is 16.6. The molecule has 0 bridgehead atoms. The zero-order valence-corrected chi connectivity index (χ0v) is 6.50. The smallest absolute Gasteiger partial charge is 0.282 e. The topological polar surface area (TPSA) is 38.3 Å². The van der Waals surface area contributed by atoms with Crippen LogP contribution in [0.3, 0.4) is 0 Å². The molecule has 1 rings (SSSR count). The fourth-order valence-corrected chi connectivity index (χ4v) is 0.883. The van der Waals surface area contributed by atoms with Crippen LogP contribution in [-0.4, -0.2) is 13.0 Å². The zero-order chi connectivity index (χ0) is 8.97. The van der Waals surface area contributed by atoms with Gasteiger partial charge in [0.1, 0.15) is 5.75 Å². The number of methoxy groups -OCH3 is 1. The predicted molar refractivity (Wildman–Crippen MR) is 41.6 cm³/mol. The second-order valence-electron chi connectivity index (χ2n) is 2.12. The second kappa shape index (κ2) is 3.71. The van der Waals surface area contributed by atoms with Gasteiger partial charge in [-0.3, -0.25) is 4.79 Å². The first kappa shape index (κ1) is 8.52. The van der Waals surface area contributed by atoms with Crippen molar-refractivity contribution in [3.05, 3.63) is 29.8 Å². The summed E-state index contributed by atoms with van der Waals surface area (Å²) in [5, 5.41) is 0. The van der Waals surface area contributed by atoms with Gasteiger partial charge >= 0.3 is 0 Å². The molecular weight excluding hydrogens is 161 g/mol. The lowest BCUT2D eigenvalue weighted by atomic mass is 10.2. The number of nitrogens with one attached hydrogen (secondary N) is 1. The van der Waals surface area contributed by atoms with Crippen molar-refractivity contribution in [3.63, 3.8) is 0 Å². The maximum absolute atomic E-state index is 11.7. The Hall–Kier alpha value is -1.58. The second-order valence-corrected chi connectivity index (χ2v) is 2.12. The van der Waals surface area contributed by atoms with Crippen LogP contribution in [0.1, 0.15) is 10.4 Å². The fourth-order valence-electron chi connectivity index (χ4n) is 0.883. The molecule has 0 aromatic heterocycles. The Balaban J connectivity index is 3.04. The van der Waals surface area contributed by atoms with Crippen LogP contribution in [0, 0.1) is 0 Å². The van der Waals surface area contributed by atoms with E-state index in [9.17, 15) is 9.28 Å². The SMILES string of the molecule is COc1ccccc1C(=O)NF. The molecule has 1 aromatic carbocycles. The highest BCUT2D eigenvalue weighted by Crippen LogP contribution is 2.16. The molecule has 3 nitrogen and oxygen atoms in total. The summed E-state index contributed by atoms with van der Waals surface area (Å²) in [6, 6.07) is 6.40. The van der Waals surface area contributed by atoms with Crippen molar-refractivity contribution in [2.75, 3.05) is 7.11 Å². The summed E-state index contributed by atoms with van der Waals surface area (Å²) in [6.45, 7) is 0. The lowest BCUT2D eigenvalue weighted by Gasteiger charge is -2.03. The Morgan fingerprint density at radius 3 is 2.75 bits per heavy atom. The van der Waals surface area contributed by atoms with E-state index in [1.54, 1.807) is 18.2 Å². The summed E-state index contributed by atoms with van der Waals surface area (Å²) in [6.07, 6.45) is 0. The van der Waals surface area contributed by atoms with Crippen molar-refractivity contribution >= 4 is 5.91 Å². The van der Waals surface area contributed by atoms with Crippen molar-refractivity contribution in [2.45, 2.75) is 0 Å². The minimum absolute atomic E-state index is 0.183. The molecule has 1 amide bonds. The lowest BCUT2D eigenvalue weighted by molar-refractivity contribution is 0.0856. The van der Waals surface area contributed by atoms with Crippen LogP contribution in [0.5, 0.6) is 5.75 Å². The lowest BCUT2D eigenvalue weighted by Crippen LogP contribution is -2.14. The number of carbonyl (C=O) groups is 1. The van der Waals surface area contributed by atoms with Crippen molar-refractivity contribution in [1.29, 1.82) is 0 Å². The molecule has 0 fully saturated rings. The van der Waals surface area contributed by atoms with E-state index >= 15 is 0 Å². The van der Waals surface area contributed by atoms with Gasteiger partial charge in [-0.15, -0.1) is 0 Å². The minimum atomic E-state index is -0.799. The average Bonchev–Trinajstić information content (AvgIpc) is 2.16. The first-order chi connectivity index (χ1) is 5.79. The van der Waals surface area contributed by atoms with Gasteiger partial charge in [0, 0.05) is 0 Å². The molecule has 0 spiro atoms. The normalized spacial score (nSPS) is 9.17. The van der Waals surface area contributed by atoms with E-state index in [1.165, 1.54) is 13.2 Å². The Morgan fingerprint density at radius 1 is 1.50 bits per heavy atom. The van der Waals surface area contributed by atoms with E-state index < -0.39 is 5.91 Å². The van der Waals surface area contributed by atoms with Gasteiger partial charge in [-0.1, -0.05) is 16.6 Å². The molecule has 1 aromatic rings. The summed E-state index contributed by atoms with van der Waals surface area (Å²) in [5.41, 5.74) is 1.22. The Morgan fingerprint density at radius 2 is 2.17 bits per heavy atom. The van der Waals surface area contributed by atoms with Gasteiger partial charge in [0.2, 0.25) is 0 Å². The molecule has 12 heavy (non-hydrogen) atoms. The van der Waals surface area contributed by atoms with Gasteiger partial charge < -0.3 is 4.74 Å².